The fourth-order valence-corrected chi connectivity index (χ4v) is 6.39. The van der Waals surface area contributed by atoms with Gasteiger partial charge in [0.1, 0.15) is 16.1 Å². The Hall–Kier alpha value is -2.53. The van der Waals surface area contributed by atoms with Crippen LogP contribution >= 0.6 is 22.9 Å². The first-order valence-electron chi connectivity index (χ1n) is 10.2. The number of nitrogens with zero attached hydrogens (tertiary/aromatic N) is 1. The maximum absolute atomic E-state index is 14.7. The molecule has 33 heavy (non-hydrogen) atoms. The summed E-state index contributed by atoms with van der Waals surface area (Å²) in [5.41, 5.74) is 0.310. The average Bonchev–Trinajstić information content (AvgIpc) is 3.32. The molecule has 1 aromatic heterocycles. The van der Waals surface area contributed by atoms with Crippen LogP contribution in [0.5, 0.6) is 0 Å². The van der Waals surface area contributed by atoms with E-state index in [1.54, 1.807) is 32.0 Å². The molecule has 4 rings (SSSR count). The summed E-state index contributed by atoms with van der Waals surface area (Å²) in [6.45, 7) is 3.60. The van der Waals surface area contributed by atoms with Gasteiger partial charge in [0.05, 0.1) is 5.69 Å². The molecule has 0 aliphatic carbocycles. The van der Waals surface area contributed by atoms with Crippen LogP contribution in [0.25, 0.3) is 10.1 Å². The van der Waals surface area contributed by atoms with Gasteiger partial charge in [0, 0.05) is 27.9 Å². The molecule has 2 N–H and O–H groups in total. The van der Waals surface area contributed by atoms with Crippen LogP contribution < -0.4 is 14.9 Å². The van der Waals surface area contributed by atoms with Crippen LogP contribution in [0.15, 0.2) is 46.7 Å². The third-order valence-electron chi connectivity index (χ3n) is 5.26. The van der Waals surface area contributed by atoms with Gasteiger partial charge in [-0.1, -0.05) is 31.5 Å². The largest absolute Gasteiger partial charge is 0.326 e. The Kier molecular flexibility index (Phi) is 6.45. The third-order valence-corrected chi connectivity index (χ3v) is 8.54. The molecule has 2 aromatic carbocycles. The molecule has 1 aliphatic rings. The average molecular weight is 510 g/mol. The maximum atomic E-state index is 14.7. The number of halogens is 2. The normalized spacial score (nSPS) is 16.7. The lowest BCUT2D eigenvalue weighted by atomic mass is 10.2. The van der Waals surface area contributed by atoms with Gasteiger partial charge in [0.2, 0.25) is 11.8 Å². The Labute approximate surface area is 199 Å². The number of thiophene rings is 1. The fraction of sp³-hybridized carbons (Fsp3) is 0.273. The van der Waals surface area contributed by atoms with Gasteiger partial charge < -0.3 is 10.2 Å². The summed E-state index contributed by atoms with van der Waals surface area (Å²) in [4.78, 5) is 25.9. The van der Waals surface area contributed by atoms with E-state index in [0.29, 0.717) is 9.72 Å². The second-order valence-corrected chi connectivity index (χ2v) is 11.5. The van der Waals surface area contributed by atoms with E-state index in [9.17, 15) is 22.4 Å². The van der Waals surface area contributed by atoms with Gasteiger partial charge in [-0.05, 0) is 48.2 Å². The first-order chi connectivity index (χ1) is 15.5. The number of anilines is 2. The van der Waals surface area contributed by atoms with Gasteiger partial charge in [-0.3, -0.25) is 9.59 Å². The van der Waals surface area contributed by atoms with Gasteiger partial charge >= 0.3 is 0 Å². The smallest absolute Gasteiger partial charge is 0.250 e. The molecule has 3 aromatic rings. The van der Waals surface area contributed by atoms with Crippen molar-refractivity contribution >= 4 is 66.2 Å². The van der Waals surface area contributed by atoms with Crippen molar-refractivity contribution in [3.05, 3.63) is 53.3 Å². The summed E-state index contributed by atoms with van der Waals surface area (Å²) in [6, 6.07) is 9.64. The highest BCUT2D eigenvalue weighted by molar-refractivity contribution is 7.91. The second kappa shape index (κ2) is 9.02. The summed E-state index contributed by atoms with van der Waals surface area (Å²) in [5.74, 6) is -1.74. The molecule has 0 saturated carbocycles. The Morgan fingerprint density at radius 2 is 1.97 bits per heavy atom. The zero-order valence-electron chi connectivity index (χ0n) is 17.8. The van der Waals surface area contributed by atoms with Crippen molar-refractivity contribution in [2.24, 2.45) is 5.92 Å². The Bertz CT molecular complexity index is 1360. The number of benzene rings is 2. The second-order valence-electron chi connectivity index (χ2n) is 8.01. The lowest BCUT2D eigenvalue weighted by molar-refractivity contribution is -0.119. The SMILES string of the molecule is CC(C)C(=O)Nc1ccc(N2CC[C@H](NS(=O)(=O)c3cc4ccc(Cl)cc4s3)C2=O)c(F)c1. The van der Waals surface area contributed by atoms with Crippen molar-refractivity contribution in [2.75, 3.05) is 16.8 Å². The molecule has 2 amide bonds. The van der Waals surface area contributed by atoms with Gasteiger partial charge in [-0.25, -0.2) is 12.8 Å². The maximum Gasteiger partial charge on any atom is 0.250 e. The predicted molar refractivity (Wildman–Crippen MR) is 128 cm³/mol. The van der Waals surface area contributed by atoms with E-state index in [1.165, 1.54) is 23.1 Å². The van der Waals surface area contributed by atoms with Crippen LogP contribution in [0.3, 0.4) is 0 Å². The van der Waals surface area contributed by atoms with Crippen LogP contribution in [0.1, 0.15) is 20.3 Å². The predicted octanol–water partition coefficient (Wildman–Crippen LogP) is 4.37. The number of amides is 2. The Morgan fingerprint density at radius 1 is 1.21 bits per heavy atom. The molecule has 1 saturated heterocycles. The lowest BCUT2D eigenvalue weighted by Gasteiger charge is -2.19. The van der Waals surface area contributed by atoms with Crippen LogP contribution in [-0.2, 0) is 19.6 Å². The number of sulfonamides is 1. The first kappa shape index (κ1) is 23.6. The fourth-order valence-electron chi connectivity index (χ4n) is 3.48. The summed E-state index contributed by atoms with van der Waals surface area (Å²) in [5, 5.41) is 3.83. The van der Waals surface area contributed by atoms with E-state index < -0.39 is 27.8 Å². The molecule has 2 heterocycles. The molecule has 1 atom stereocenters. The molecule has 0 radical (unpaired) electrons. The van der Waals surface area contributed by atoms with E-state index in [0.717, 1.165) is 22.8 Å². The molecular weight excluding hydrogens is 489 g/mol. The highest BCUT2D eigenvalue weighted by Gasteiger charge is 2.37. The first-order valence-corrected chi connectivity index (χ1v) is 12.9. The number of fused-ring (bicyclic) bond motifs is 1. The van der Waals surface area contributed by atoms with Crippen molar-refractivity contribution in [3.8, 4) is 0 Å². The quantitative estimate of drug-likeness (QED) is 0.515. The minimum absolute atomic E-state index is 0.0285. The minimum atomic E-state index is -3.96. The zero-order chi connectivity index (χ0) is 23.9. The Balaban J connectivity index is 1.50. The summed E-state index contributed by atoms with van der Waals surface area (Å²) in [6.07, 6.45) is 0.195. The number of hydrogen-bond donors (Lipinski definition) is 2. The number of hydrogen-bond acceptors (Lipinski definition) is 5. The van der Waals surface area contributed by atoms with Gasteiger partial charge in [0.25, 0.3) is 10.0 Å². The molecule has 174 valence electrons. The molecule has 1 fully saturated rings. The van der Waals surface area contributed by atoms with Gasteiger partial charge in [0.15, 0.2) is 0 Å². The van der Waals surface area contributed by atoms with E-state index in [4.69, 9.17) is 11.6 Å². The molecule has 7 nitrogen and oxygen atoms in total. The van der Waals surface area contributed by atoms with Crippen LogP contribution in [0, 0.1) is 11.7 Å². The number of carbonyl (C=O) groups is 2. The molecule has 11 heteroatoms. The lowest BCUT2D eigenvalue weighted by Crippen LogP contribution is -2.41. The van der Waals surface area contributed by atoms with Crippen LogP contribution in [0.4, 0.5) is 15.8 Å². The van der Waals surface area contributed by atoms with Crippen LogP contribution in [0.2, 0.25) is 5.02 Å². The summed E-state index contributed by atoms with van der Waals surface area (Å²) >= 11 is 7.03. The minimum Gasteiger partial charge on any atom is -0.326 e. The summed E-state index contributed by atoms with van der Waals surface area (Å²) in [7, 11) is -3.96. The number of rotatable bonds is 6. The highest BCUT2D eigenvalue weighted by Crippen LogP contribution is 2.32. The molecule has 0 spiro atoms. The van der Waals surface area contributed by atoms with Crippen molar-refractivity contribution in [3.63, 3.8) is 0 Å². The van der Waals surface area contributed by atoms with E-state index >= 15 is 0 Å². The van der Waals surface area contributed by atoms with E-state index in [1.807, 2.05) is 0 Å². The van der Waals surface area contributed by atoms with Crippen molar-refractivity contribution in [1.82, 2.24) is 4.72 Å². The molecule has 0 bridgehead atoms. The van der Waals surface area contributed by atoms with Crippen molar-refractivity contribution in [2.45, 2.75) is 30.5 Å². The highest BCUT2D eigenvalue weighted by atomic mass is 35.5. The van der Waals surface area contributed by atoms with Crippen LogP contribution in [-0.4, -0.2) is 32.8 Å². The molecule has 0 unspecified atom stereocenters. The standard InChI is InChI=1S/C22H21ClFN3O4S2/c1-12(2)21(28)25-15-5-6-18(16(24)11-15)27-8-7-17(22(27)29)26-33(30,31)20-9-13-3-4-14(23)10-19(13)32-20/h3-6,9-12,17,26H,7-8H2,1-2H3,(H,25,28)/t17-/m0/s1. The van der Waals surface area contributed by atoms with E-state index in [-0.39, 0.29) is 40.4 Å². The van der Waals surface area contributed by atoms with Crippen molar-refractivity contribution in [1.29, 1.82) is 0 Å². The Morgan fingerprint density at radius 3 is 2.67 bits per heavy atom. The van der Waals surface area contributed by atoms with Gasteiger partial charge in [-0.15, -0.1) is 11.3 Å². The van der Waals surface area contributed by atoms with Gasteiger partial charge in [-0.2, -0.15) is 4.72 Å². The molecular formula is C22H21ClFN3O4S2. The number of nitrogens with one attached hydrogen (secondary N) is 2. The van der Waals surface area contributed by atoms with Crippen molar-refractivity contribution < 1.29 is 22.4 Å². The molecule has 1 aliphatic heterocycles. The zero-order valence-corrected chi connectivity index (χ0v) is 20.2. The number of carbonyl (C=O) groups excluding carboxylic acids is 2. The third kappa shape index (κ3) is 4.89. The monoisotopic (exact) mass is 509 g/mol. The topological polar surface area (TPSA) is 95.6 Å². The summed E-state index contributed by atoms with van der Waals surface area (Å²) < 4.78 is 43.7. The van der Waals surface area contributed by atoms with E-state index in [2.05, 4.69) is 10.0 Å².